The number of carbonyl (C=O) groups excluding carboxylic acids is 1. The number of thiophene rings is 1. The Labute approximate surface area is 224 Å². The van der Waals surface area contributed by atoms with Crippen LogP contribution in [0, 0.1) is 6.92 Å². The van der Waals surface area contributed by atoms with E-state index in [-0.39, 0.29) is 25.1 Å². The largest absolute Gasteiger partial charge is 0.491 e. The summed E-state index contributed by atoms with van der Waals surface area (Å²) in [7, 11) is 0. The highest BCUT2D eigenvalue weighted by atomic mass is 32.1. The monoisotopic (exact) mass is 522 g/mol. The Kier molecular flexibility index (Phi) is 10.1. The van der Waals surface area contributed by atoms with Gasteiger partial charge in [0.15, 0.2) is 0 Å². The van der Waals surface area contributed by atoms with Crippen LogP contribution in [0.5, 0.6) is 5.75 Å². The van der Waals surface area contributed by atoms with Gasteiger partial charge in [-0.15, -0.1) is 11.3 Å². The van der Waals surface area contributed by atoms with Gasteiger partial charge in [-0.05, 0) is 61.0 Å². The van der Waals surface area contributed by atoms with Gasteiger partial charge in [-0.25, -0.2) is 0 Å². The number of hydrogen-bond acceptors (Lipinski definition) is 6. The van der Waals surface area contributed by atoms with E-state index in [1.54, 1.807) is 11.3 Å². The third kappa shape index (κ3) is 7.89. The van der Waals surface area contributed by atoms with Crippen LogP contribution in [0.1, 0.15) is 41.0 Å². The van der Waals surface area contributed by atoms with Crippen molar-refractivity contribution in [3.05, 3.63) is 87.6 Å². The van der Waals surface area contributed by atoms with Gasteiger partial charge >= 0.3 is 0 Å². The second-order valence-corrected chi connectivity index (χ2v) is 10.7. The number of hydrogen-bond donors (Lipinski definition) is 1. The van der Waals surface area contributed by atoms with Crippen molar-refractivity contribution < 1.29 is 19.4 Å². The van der Waals surface area contributed by atoms with Crippen LogP contribution in [0.25, 0.3) is 0 Å². The minimum atomic E-state index is -0.659. The molecule has 2 heterocycles. The quantitative estimate of drug-likeness (QED) is 0.348. The zero-order valence-corrected chi connectivity index (χ0v) is 22.7. The second kappa shape index (κ2) is 13.7. The van der Waals surface area contributed by atoms with Crippen molar-refractivity contribution in [2.45, 2.75) is 45.4 Å². The van der Waals surface area contributed by atoms with Crippen LogP contribution < -0.4 is 4.74 Å². The zero-order chi connectivity index (χ0) is 26.0. The summed E-state index contributed by atoms with van der Waals surface area (Å²) in [5.41, 5.74) is 3.45. The summed E-state index contributed by atoms with van der Waals surface area (Å²) in [5, 5.41) is 12.7. The lowest BCUT2D eigenvalue weighted by molar-refractivity contribution is -0.136. The summed E-state index contributed by atoms with van der Waals surface area (Å²) >= 11 is 1.75. The predicted octanol–water partition coefficient (Wildman–Crippen LogP) is 4.85. The third-order valence-corrected chi connectivity index (χ3v) is 7.63. The molecule has 2 aromatic carbocycles. The average Bonchev–Trinajstić information content (AvgIpc) is 3.38. The van der Waals surface area contributed by atoms with Gasteiger partial charge in [0.2, 0.25) is 5.91 Å². The molecule has 1 amide bonds. The SMILES string of the molecule is CCCN(CC(=O)N1CCc2sccc2[C@H]1COc1ccc(C)cc1)C[C@@H](O)COCc1ccccc1. The zero-order valence-electron chi connectivity index (χ0n) is 21.8. The maximum absolute atomic E-state index is 13.6. The van der Waals surface area contributed by atoms with E-state index in [0.717, 1.165) is 30.7 Å². The highest BCUT2D eigenvalue weighted by Gasteiger charge is 2.33. The molecule has 0 fully saturated rings. The third-order valence-electron chi connectivity index (χ3n) is 6.63. The van der Waals surface area contributed by atoms with E-state index in [4.69, 9.17) is 9.47 Å². The lowest BCUT2D eigenvalue weighted by Gasteiger charge is -2.37. The number of benzene rings is 2. The number of aliphatic hydroxyl groups is 1. The molecule has 1 N–H and O–H groups in total. The van der Waals surface area contributed by atoms with Crippen LogP contribution in [0.4, 0.5) is 0 Å². The van der Waals surface area contributed by atoms with E-state index in [2.05, 4.69) is 25.3 Å². The number of ether oxygens (including phenoxy) is 2. The summed E-state index contributed by atoms with van der Waals surface area (Å²) in [6.07, 6.45) is 1.11. The van der Waals surface area contributed by atoms with E-state index < -0.39 is 6.10 Å². The smallest absolute Gasteiger partial charge is 0.237 e. The van der Waals surface area contributed by atoms with Crippen molar-refractivity contribution in [3.63, 3.8) is 0 Å². The molecular weight excluding hydrogens is 484 g/mol. The topological polar surface area (TPSA) is 62.2 Å². The fourth-order valence-electron chi connectivity index (χ4n) is 4.76. The molecule has 0 spiro atoms. The van der Waals surface area contributed by atoms with Gasteiger partial charge in [-0.1, -0.05) is 55.0 Å². The Balaban J connectivity index is 1.35. The molecule has 1 aromatic heterocycles. The molecule has 198 valence electrons. The van der Waals surface area contributed by atoms with Gasteiger partial charge in [-0.3, -0.25) is 9.69 Å². The molecule has 0 bridgehead atoms. The minimum absolute atomic E-state index is 0.0696. The summed E-state index contributed by atoms with van der Waals surface area (Å²) in [4.78, 5) is 18.9. The van der Waals surface area contributed by atoms with E-state index in [1.165, 1.54) is 16.0 Å². The summed E-state index contributed by atoms with van der Waals surface area (Å²) < 4.78 is 11.9. The standard InChI is InChI=1S/C30H38N2O4S/c1-3-15-31(18-25(33)21-35-20-24-7-5-4-6-8-24)19-30(34)32-16-13-29-27(14-17-37-29)28(32)22-36-26-11-9-23(2)10-12-26/h4-12,14,17,25,28,33H,3,13,15-16,18-22H2,1-2H3/t25-,28-/m1/s1. The molecule has 0 radical (unpaired) electrons. The van der Waals surface area contributed by atoms with Crippen molar-refractivity contribution in [1.82, 2.24) is 9.80 Å². The molecule has 4 rings (SSSR count). The molecule has 0 aliphatic carbocycles. The first-order valence-electron chi connectivity index (χ1n) is 13.1. The Morgan fingerprint density at radius 1 is 1.16 bits per heavy atom. The lowest BCUT2D eigenvalue weighted by Crippen LogP contribution is -2.48. The molecule has 3 aromatic rings. The van der Waals surface area contributed by atoms with E-state index in [9.17, 15) is 9.90 Å². The maximum Gasteiger partial charge on any atom is 0.237 e. The number of rotatable bonds is 13. The fraction of sp³-hybridized carbons (Fsp3) is 0.433. The molecule has 37 heavy (non-hydrogen) atoms. The van der Waals surface area contributed by atoms with Gasteiger partial charge in [0, 0.05) is 18.0 Å². The summed E-state index contributed by atoms with van der Waals surface area (Å²) in [6, 6.07) is 20.0. The van der Waals surface area contributed by atoms with Crippen LogP contribution in [0.3, 0.4) is 0 Å². The molecule has 1 aliphatic heterocycles. The molecule has 2 atom stereocenters. The Hall–Kier alpha value is -2.71. The number of aliphatic hydroxyl groups excluding tert-OH is 1. The van der Waals surface area contributed by atoms with Crippen LogP contribution in [0.15, 0.2) is 66.0 Å². The van der Waals surface area contributed by atoms with Crippen molar-refractivity contribution in [1.29, 1.82) is 0 Å². The number of fused-ring (bicyclic) bond motifs is 1. The molecule has 6 nitrogen and oxygen atoms in total. The number of aryl methyl sites for hydroxylation is 1. The predicted molar refractivity (Wildman–Crippen MR) is 148 cm³/mol. The molecule has 7 heteroatoms. The molecule has 0 saturated heterocycles. The highest BCUT2D eigenvalue weighted by Crippen LogP contribution is 2.34. The Bertz CT molecular complexity index is 1100. The van der Waals surface area contributed by atoms with Gasteiger partial charge in [-0.2, -0.15) is 0 Å². The van der Waals surface area contributed by atoms with Crippen molar-refractivity contribution in [2.75, 3.05) is 39.4 Å². The lowest BCUT2D eigenvalue weighted by atomic mass is 10.0. The Morgan fingerprint density at radius 3 is 2.70 bits per heavy atom. The van der Waals surface area contributed by atoms with Crippen LogP contribution in [-0.4, -0.2) is 66.3 Å². The fourth-order valence-corrected chi connectivity index (χ4v) is 5.68. The maximum atomic E-state index is 13.6. The van der Waals surface area contributed by atoms with Gasteiger partial charge in [0.1, 0.15) is 12.4 Å². The number of amides is 1. The number of nitrogens with zero attached hydrogens (tertiary/aromatic N) is 2. The molecule has 0 saturated carbocycles. The van der Waals surface area contributed by atoms with Gasteiger partial charge in [0.25, 0.3) is 0 Å². The summed E-state index contributed by atoms with van der Waals surface area (Å²) in [6.45, 7) is 7.34. The number of carbonyl (C=O) groups is 1. The highest BCUT2D eigenvalue weighted by molar-refractivity contribution is 7.10. The van der Waals surface area contributed by atoms with E-state index >= 15 is 0 Å². The minimum Gasteiger partial charge on any atom is -0.491 e. The first-order chi connectivity index (χ1) is 18.0. The van der Waals surface area contributed by atoms with Crippen molar-refractivity contribution >= 4 is 17.2 Å². The van der Waals surface area contributed by atoms with Gasteiger partial charge in [0.05, 0.1) is 31.9 Å². The molecule has 0 unspecified atom stereocenters. The van der Waals surface area contributed by atoms with E-state index in [0.29, 0.717) is 26.3 Å². The first kappa shape index (κ1) is 27.3. The Morgan fingerprint density at radius 2 is 1.95 bits per heavy atom. The van der Waals surface area contributed by atoms with Crippen LogP contribution >= 0.6 is 11.3 Å². The second-order valence-electron chi connectivity index (χ2n) is 9.67. The molecular formula is C30H38N2O4S. The average molecular weight is 523 g/mol. The normalized spacial score (nSPS) is 16.0. The van der Waals surface area contributed by atoms with Gasteiger partial charge < -0.3 is 19.5 Å². The van der Waals surface area contributed by atoms with Crippen molar-refractivity contribution in [2.24, 2.45) is 0 Å². The van der Waals surface area contributed by atoms with E-state index in [1.807, 2.05) is 64.4 Å². The van der Waals surface area contributed by atoms with Crippen molar-refractivity contribution in [3.8, 4) is 5.75 Å². The summed E-state index contributed by atoms with van der Waals surface area (Å²) in [5.74, 6) is 0.881. The molecule has 1 aliphatic rings. The van der Waals surface area contributed by atoms with Crippen LogP contribution in [0.2, 0.25) is 0 Å². The first-order valence-corrected chi connectivity index (χ1v) is 14.0. The van der Waals surface area contributed by atoms with Crippen LogP contribution in [-0.2, 0) is 22.6 Å².